The summed E-state index contributed by atoms with van der Waals surface area (Å²) in [7, 11) is 1.83. The average molecular weight is 355 g/mol. The SMILES string of the molecule is CN=C(NCCn1cc(C)cn1)NC1CC(C)N(Cc2ccccc2)C1. The third kappa shape index (κ3) is 5.08. The number of nitrogens with one attached hydrogen (secondary N) is 2. The van der Waals surface area contributed by atoms with E-state index in [1.165, 1.54) is 11.1 Å². The van der Waals surface area contributed by atoms with E-state index < -0.39 is 0 Å². The van der Waals surface area contributed by atoms with Gasteiger partial charge in [-0.25, -0.2) is 0 Å². The Morgan fingerprint density at radius 2 is 2.12 bits per heavy atom. The van der Waals surface area contributed by atoms with Gasteiger partial charge in [0.15, 0.2) is 5.96 Å². The molecule has 0 aliphatic carbocycles. The van der Waals surface area contributed by atoms with Crippen molar-refractivity contribution in [3.63, 3.8) is 0 Å². The van der Waals surface area contributed by atoms with Crippen LogP contribution in [-0.2, 0) is 13.1 Å². The molecule has 6 nitrogen and oxygen atoms in total. The summed E-state index contributed by atoms with van der Waals surface area (Å²) in [5.41, 5.74) is 2.56. The fourth-order valence-electron chi connectivity index (χ4n) is 3.51. The van der Waals surface area contributed by atoms with Crippen molar-refractivity contribution in [3.05, 3.63) is 53.9 Å². The molecule has 0 spiro atoms. The molecule has 1 aliphatic rings. The lowest BCUT2D eigenvalue weighted by Crippen LogP contribution is -2.45. The highest BCUT2D eigenvalue weighted by Crippen LogP contribution is 2.20. The second kappa shape index (κ2) is 8.85. The van der Waals surface area contributed by atoms with E-state index in [0.29, 0.717) is 12.1 Å². The Morgan fingerprint density at radius 3 is 2.81 bits per heavy atom. The quantitative estimate of drug-likeness (QED) is 0.616. The maximum atomic E-state index is 4.37. The molecule has 0 radical (unpaired) electrons. The van der Waals surface area contributed by atoms with Crippen LogP contribution in [0.4, 0.5) is 0 Å². The van der Waals surface area contributed by atoms with Crippen LogP contribution in [0.15, 0.2) is 47.7 Å². The predicted molar refractivity (Wildman–Crippen MR) is 106 cm³/mol. The minimum atomic E-state index is 0.423. The van der Waals surface area contributed by atoms with Crippen LogP contribution >= 0.6 is 0 Å². The molecule has 26 heavy (non-hydrogen) atoms. The van der Waals surface area contributed by atoms with E-state index in [1.807, 2.05) is 17.9 Å². The zero-order chi connectivity index (χ0) is 18.4. The first-order valence-corrected chi connectivity index (χ1v) is 9.38. The maximum absolute atomic E-state index is 4.37. The number of hydrogen-bond acceptors (Lipinski definition) is 3. The van der Waals surface area contributed by atoms with Crippen LogP contribution in [-0.4, -0.2) is 52.9 Å². The molecule has 2 heterocycles. The molecule has 1 aromatic carbocycles. The van der Waals surface area contributed by atoms with Gasteiger partial charge in [-0.05, 0) is 31.4 Å². The number of benzene rings is 1. The summed E-state index contributed by atoms with van der Waals surface area (Å²) in [4.78, 5) is 6.90. The van der Waals surface area contributed by atoms with Crippen molar-refractivity contribution < 1.29 is 0 Å². The number of aliphatic imine (C=N–C) groups is 1. The topological polar surface area (TPSA) is 57.5 Å². The van der Waals surface area contributed by atoms with E-state index in [-0.39, 0.29) is 0 Å². The Hall–Kier alpha value is -2.34. The lowest BCUT2D eigenvalue weighted by Gasteiger charge is -2.21. The summed E-state index contributed by atoms with van der Waals surface area (Å²) in [5.74, 6) is 0.868. The molecule has 3 rings (SSSR count). The molecule has 0 saturated carbocycles. The van der Waals surface area contributed by atoms with Gasteiger partial charge < -0.3 is 10.6 Å². The molecule has 6 heteroatoms. The van der Waals surface area contributed by atoms with Gasteiger partial charge in [0.25, 0.3) is 0 Å². The van der Waals surface area contributed by atoms with E-state index >= 15 is 0 Å². The first kappa shape index (κ1) is 18.5. The van der Waals surface area contributed by atoms with Gasteiger partial charge in [0.1, 0.15) is 0 Å². The first-order chi connectivity index (χ1) is 12.6. The van der Waals surface area contributed by atoms with Gasteiger partial charge >= 0.3 is 0 Å². The van der Waals surface area contributed by atoms with E-state index in [2.05, 4.69) is 76.0 Å². The van der Waals surface area contributed by atoms with Gasteiger partial charge in [-0.15, -0.1) is 0 Å². The Morgan fingerprint density at radius 1 is 1.31 bits per heavy atom. The number of hydrogen-bond donors (Lipinski definition) is 2. The van der Waals surface area contributed by atoms with E-state index in [9.17, 15) is 0 Å². The number of nitrogens with zero attached hydrogens (tertiary/aromatic N) is 4. The molecule has 2 unspecified atom stereocenters. The predicted octanol–water partition coefficient (Wildman–Crippen LogP) is 2.02. The fraction of sp³-hybridized carbons (Fsp3) is 0.500. The van der Waals surface area contributed by atoms with Gasteiger partial charge in [0.2, 0.25) is 0 Å². The molecule has 1 saturated heterocycles. The number of likely N-dealkylation sites (tertiary alicyclic amines) is 1. The zero-order valence-electron chi connectivity index (χ0n) is 16.0. The van der Waals surface area contributed by atoms with Crippen molar-refractivity contribution in [2.24, 2.45) is 4.99 Å². The molecule has 1 fully saturated rings. The van der Waals surface area contributed by atoms with Gasteiger partial charge in [-0.2, -0.15) is 5.10 Å². The highest BCUT2D eigenvalue weighted by atomic mass is 15.3. The van der Waals surface area contributed by atoms with Gasteiger partial charge in [-0.3, -0.25) is 14.6 Å². The largest absolute Gasteiger partial charge is 0.355 e. The summed E-state index contributed by atoms with van der Waals surface area (Å²) in [6.45, 7) is 8.03. The molecule has 140 valence electrons. The lowest BCUT2D eigenvalue weighted by atomic mass is 10.2. The summed E-state index contributed by atoms with van der Waals surface area (Å²) in [6.07, 6.45) is 5.07. The zero-order valence-corrected chi connectivity index (χ0v) is 16.0. The molecule has 0 bridgehead atoms. The van der Waals surface area contributed by atoms with Crippen molar-refractivity contribution in [2.45, 2.75) is 45.4 Å². The normalized spacial score (nSPS) is 21.1. The van der Waals surface area contributed by atoms with Gasteiger partial charge in [0.05, 0.1) is 12.7 Å². The molecule has 2 N–H and O–H groups in total. The van der Waals surface area contributed by atoms with Crippen LogP contribution in [0.2, 0.25) is 0 Å². The van der Waals surface area contributed by atoms with Crippen molar-refractivity contribution in [1.82, 2.24) is 25.3 Å². The van der Waals surface area contributed by atoms with Gasteiger partial charge in [0, 0.05) is 45.0 Å². The number of guanidine groups is 1. The van der Waals surface area contributed by atoms with Crippen molar-refractivity contribution >= 4 is 5.96 Å². The monoisotopic (exact) mass is 354 g/mol. The Bertz CT molecular complexity index is 708. The molecule has 2 atom stereocenters. The minimum Gasteiger partial charge on any atom is -0.355 e. The molecule has 2 aromatic rings. The van der Waals surface area contributed by atoms with Crippen LogP contribution in [0, 0.1) is 6.92 Å². The van der Waals surface area contributed by atoms with Gasteiger partial charge in [-0.1, -0.05) is 30.3 Å². The molecule has 1 aromatic heterocycles. The first-order valence-electron chi connectivity index (χ1n) is 9.38. The Labute approximate surface area is 156 Å². The maximum Gasteiger partial charge on any atom is 0.191 e. The smallest absolute Gasteiger partial charge is 0.191 e. The van der Waals surface area contributed by atoms with Crippen LogP contribution < -0.4 is 10.6 Å². The summed E-state index contributed by atoms with van der Waals surface area (Å²) in [5, 5.41) is 11.3. The second-order valence-electron chi connectivity index (χ2n) is 7.12. The summed E-state index contributed by atoms with van der Waals surface area (Å²) < 4.78 is 1.95. The highest BCUT2D eigenvalue weighted by Gasteiger charge is 2.29. The third-order valence-corrected chi connectivity index (χ3v) is 4.89. The standard InChI is InChI=1S/C20H30N6/c1-16-12-23-26(13-16)10-9-22-20(21-3)24-19-11-17(2)25(15-19)14-18-7-5-4-6-8-18/h4-8,12-13,17,19H,9-11,14-15H2,1-3H3,(H2,21,22,24). The lowest BCUT2D eigenvalue weighted by molar-refractivity contribution is 0.258. The highest BCUT2D eigenvalue weighted by molar-refractivity contribution is 5.80. The number of rotatable bonds is 6. The molecular weight excluding hydrogens is 324 g/mol. The number of aryl methyl sites for hydroxylation is 1. The number of aromatic nitrogens is 2. The van der Waals surface area contributed by atoms with Crippen LogP contribution in [0.5, 0.6) is 0 Å². The second-order valence-corrected chi connectivity index (χ2v) is 7.12. The Kier molecular flexibility index (Phi) is 6.28. The van der Waals surface area contributed by atoms with Crippen molar-refractivity contribution in [2.75, 3.05) is 20.1 Å². The minimum absolute atomic E-state index is 0.423. The van der Waals surface area contributed by atoms with Crippen LogP contribution in [0.1, 0.15) is 24.5 Å². The molecule has 0 amide bonds. The average Bonchev–Trinajstić information content (AvgIpc) is 3.20. The van der Waals surface area contributed by atoms with E-state index in [0.717, 1.165) is 38.6 Å². The summed E-state index contributed by atoms with van der Waals surface area (Å²) >= 11 is 0. The third-order valence-electron chi connectivity index (χ3n) is 4.89. The Balaban J connectivity index is 1.45. The van der Waals surface area contributed by atoms with E-state index in [1.54, 1.807) is 0 Å². The van der Waals surface area contributed by atoms with Crippen LogP contribution in [0.25, 0.3) is 0 Å². The van der Waals surface area contributed by atoms with Crippen molar-refractivity contribution in [1.29, 1.82) is 0 Å². The summed E-state index contributed by atoms with van der Waals surface area (Å²) in [6, 6.07) is 11.7. The van der Waals surface area contributed by atoms with Crippen LogP contribution in [0.3, 0.4) is 0 Å². The molecule has 1 aliphatic heterocycles. The fourth-order valence-corrected chi connectivity index (χ4v) is 3.51. The van der Waals surface area contributed by atoms with Crippen molar-refractivity contribution in [3.8, 4) is 0 Å². The molecular formula is C20H30N6. The van der Waals surface area contributed by atoms with E-state index in [4.69, 9.17) is 0 Å².